The molecule has 2 aromatic carbocycles. The highest BCUT2D eigenvalue weighted by Crippen LogP contribution is 2.34. The smallest absolute Gasteiger partial charge is 0.336 e. The number of rotatable bonds is 6. The molecule has 0 fully saturated rings. The van der Waals surface area contributed by atoms with E-state index in [4.69, 9.17) is 0 Å². The lowest BCUT2D eigenvalue weighted by molar-refractivity contribution is 0.0683. The molecule has 7 nitrogen and oxygen atoms in total. The van der Waals surface area contributed by atoms with Crippen molar-refractivity contribution >= 4 is 33.7 Å². The molecule has 0 heterocycles. The lowest BCUT2D eigenvalue weighted by Crippen LogP contribution is -2.22. The number of carboxylic acids is 2. The van der Waals surface area contributed by atoms with Gasteiger partial charge in [0.05, 0.1) is 16.0 Å². The first-order valence-corrected chi connectivity index (χ1v) is 9.30. The van der Waals surface area contributed by atoms with Crippen LogP contribution in [0.4, 0.5) is 4.39 Å². The zero-order valence-electron chi connectivity index (χ0n) is 13.6. The molecule has 0 amide bonds. The molecule has 0 spiro atoms. The van der Waals surface area contributed by atoms with E-state index in [2.05, 4.69) is 0 Å². The summed E-state index contributed by atoms with van der Waals surface area (Å²) in [5.41, 5.74) is -0.630. The van der Waals surface area contributed by atoms with E-state index in [1.165, 1.54) is 32.3 Å². The van der Waals surface area contributed by atoms with Crippen LogP contribution in [0, 0.1) is 5.82 Å². The highest BCUT2D eigenvalue weighted by molar-refractivity contribution is 7.99. The fraction of sp³-hybridized carbons (Fsp3) is 0.125. The molecule has 0 bridgehead atoms. The fourth-order valence-electron chi connectivity index (χ4n) is 2.01. The minimum absolute atomic E-state index is 0.129. The Kier molecular flexibility index (Phi) is 5.69. The molecule has 26 heavy (non-hydrogen) atoms. The van der Waals surface area contributed by atoms with Crippen molar-refractivity contribution in [2.24, 2.45) is 0 Å². The van der Waals surface area contributed by atoms with Gasteiger partial charge in [-0.3, -0.25) is 0 Å². The minimum Gasteiger partial charge on any atom is -0.478 e. The number of hydrogen-bond donors (Lipinski definition) is 2. The van der Waals surface area contributed by atoms with Gasteiger partial charge in [-0.25, -0.2) is 26.7 Å². The number of halogens is 1. The average molecular weight is 399 g/mol. The van der Waals surface area contributed by atoms with Crippen LogP contribution in [-0.2, 0) is 10.0 Å². The quantitative estimate of drug-likeness (QED) is 0.768. The molecular weight excluding hydrogens is 385 g/mol. The lowest BCUT2D eigenvalue weighted by Gasteiger charge is -2.14. The highest BCUT2D eigenvalue weighted by atomic mass is 32.2. The van der Waals surface area contributed by atoms with Crippen LogP contribution < -0.4 is 0 Å². The average Bonchev–Trinajstić information content (AvgIpc) is 2.56. The van der Waals surface area contributed by atoms with Crippen LogP contribution in [-0.4, -0.2) is 49.0 Å². The zero-order chi connectivity index (χ0) is 19.6. The van der Waals surface area contributed by atoms with Gasteiger partial charge in [0.1, 0.15) is 5.82 Å². The van der Waals surface area contributed by atoms with Gasteiger partial charge in [-0.05, 0) is 36.4 Å². The van der Waals surface area contributed by atoms with E-state index in [1.54, 1.807) is 0 Å². The van der Waals surface area contributed by atoms with Crippen molar-refractivity contribution < 1.29 is 32.6 Å². The summed E-state index contributed by atoms with van der Waals surface area (Å²) in [6, 6.07) is 6.62. The third-order valence-electron chi connectivity index (χ3n) is 3.35. The Hall–Kier alpha value is -2.43. The van der Waals surface area contributed by atoms with Gasteiger partial charge in [-0.15, -0.1) is 0 Å². The van der Waals surface area contributed by atoms with Crippen LogP contribution in [0.15, 0.2) is 51.1 Å². The van der Waals surface area contributed by atoms with Crippen molar-refractivity contribution in [2.45, 2.75) is 14.7 Å². The molecule has 2 rings (SSSR count). The van der Waals surface area contributed by atoms with E-state index in [-0.39, 0.29) is 25.8 Å². The Morgan fingerprint density at radius 1 is 0.962 bits per heavy atom. The van der Waals surface area contributed by atoms with E-state index < -0.39 is 27.8 Å². The Labute approximate surface area is 153 Å². The molecule has 2 N–H and O–H groups in total. The highest BCUT2D eigenvalue weighted by Gasteiger charge is 2.22. The summed E-state index contributed by atoms with van der Waals surface area (Å²) in [5, 5.41) is 18.6. The van der Waals surface area contributed by atoms with Crippen molar-refractivity contribution in [1.29, 1.82) is 0 Å². The van der Waals surface area contributed by atoms with E-state index in [0.717, 1.165) is 34.3 Å². The Morgan fingerprint density at radius 2 is 1.46 bits per heavy atom. The molecular formula is C16H14FNO6S2. The van der Waals surface area contributed by atoms with Crippen LogP contribution in [0.1, 0.15) is 20.7 Å². The molecule has 0 aliphatic carbocycles. The summed E-state index contributed by atoms with van der Waals surface area (Å²) in [5.74, 6) is -3.48. The summed E-state index contributed by atoms with van der Waals surface area (Å²) in [6.07, 6.45) is 0. The summed E-state index contributed by atoms with van der Waals surface area (Å²) in [6.45, 7) is 0. The van der Waals surface area contributed by atoms with Crippen molar-refractivity contribution in [2.75, 3.05) is 14.1 Å². The van der Waals surface area contributed by atoms with Crippen LogP contribution in [0.2, 0.25) is 0 Å². The predicted molar refractivity (Wildman–Crippen MR) is 91.8 cm³/mol. The molecule has 10 heteroatoms. The molecule has 0 atom stereocenters. The van der Waals surface area contributed by atoms with Crippen LogP contribution in [0.3, 0.4) is 0 Å². The van der Waals surface area contributed by atoms with E-state index in [1.807, 2.05) is 0 Å². The maximum absolute atomic E-state index is 13.3. The number of hydrogen-bond acceptors (Lipinski definition) is 5. The summed E-state index contributed by atoms with van der Waals surface area (Å²) < 4.78 is 38.6. The van der Waals surface area contributed by atoms with Gasteiger partial charge < -0.3 is 10.2 Å². The second kappa shape index (κ2) is 7.44. The van der Waals surface area contributed by atoms with E-state index in [9.17, 15) is 32.6 Å². The summed E-state index contributed by atoms with van der Waals surface area (Å²) in [7, 11) is -1.20. The van der Waals surface area contributed by atoms with Gasteiger partial charge in [0.15, 0.2) is 0 Å². The standard InChI is InChI=1S/C16H14FNO6S2/c1-18(2)26(23,24)10-4-6-14(12(8-10)16(21)22)25-13-5-3-9(17)7-11(13)15(19)20/h3-8H,1-2H3,(H,19,20)(H,21,22). The second-order valence-electron chi connectivity index (χ2n) is 5.30. The molecule has 2 aromatic rings. The fourth-order valence-corrected chi connectivity index (χ4v) is 3.96. The Balaban J connectivity index is 2.55. The Morgan fingerprint density at radius 3 is 1.96 bits per heavy atom. The number of carbonyl (C=O) groups is 2. The molecule has 0 aliphatic heterocycles. The molecule has 0 aromatic heterocycles. The van der Waals surface area contributed by atoms with Gasteiger partial charge >= 0.3 is 11.9 Å². The molecule has 0 radical (unpaired) electrons. The van der Waals surface area contributed by atoms with Crippen LogP contribution in [0.5, 0.6) is 0 Å². The summed E-state index contributed by atoms with van der Waals surface area (Å²) in [4.78, 5) is 22.8. The largest absolute Gasteiger partial charge is 0.478 e. The third kappa shape index (κ3) is 4.03. The number of nitrogens with zero attached hydrogens (tertiary/aromatic N) is 1. The van der Waals surface area contributed by atoms with E-state index in [0.29, 0.717) is 0 Å². The van der Waals surface area contributed by atoms with Gasteiger partial charge in [-0.2, -0.15) is 0 Å². The number of aromatic carboxylic acids is 2. The van der Waals surface area contributed by atoms with Crippen molar-refractivity contribution in [3.05, 3.63) is 53.3 Å². The minimum atomic E-state index is -3.83. The van der Waals surface area contributed by atoms with Gasteiger partial charge in [0, 0.05) is 23.9 Å². The van der Waals surface area contributed by atoms with E-state index >= 15 is 0 Å². The monoisotopic (exact) mass is 399 g/mol. The first kappa shape index (κ1) is 19.9. The first-order valence-electron chi connectivity index (χ1n) is 7.04. The predicted octanol–water partition coefficient (Wildman–Crippen LogP) is 2.62. The van der Waals surface area contributed by atoms with Gasteiger partial charge in [-0.1, -0.05) is 11.8 Å². The van der Waals surface area contributed by atoms with Crippen molar-refractivity contribution in [3.8, 4) is 0 Å². The number of carboxylic acid groups (broad SMARTS) is 2. The molecule has 138 valence electrons. The van der Waals surface area contributed by atoms with Crippen LogP contribution in [0.25, 0.3) is 0 Å². The maximum atomic E-state index is 13.3. The topological polar surface area (TPSA) is 112 Å². The third-order valence-corrected chi connectivity index (χ3v) is 6.31. The summed E-state index contributed by atoms with van der Waals surface area (Å²) >= 11 is 0.797. The zero-order valence-corrected chi connectivity index (χ0v) is 15.3. The maximum Gasteiger partial charge on any atom is 0.336 e. The van der Waals surface area contributed by atoms with Crippen LogP contribution >= 0.6 is 11.8 Å². The van der Waals surface area contributed by atoms with Gasteiger partial charge in [0.2, 0.25) is 10.0 Å². The second-order valence-corrected chi connectivity index (χ2v) is 8.53. The molecule has 0 saturated carbocycles. The molecule has 0 saturated heterocycles. The van der Waals surface area contributed by atoms with Crippen molar-refractivity contribution in [3.63, 3.8) is 0 Å². The lowest BCUT2D eigenvalue weighted by atomic mass is 10.2. The first-order chi connectivity index (χ1) is 12.0. The number of sulfonamides is 1. The Bertz CT molecular complexity index is 988. The van der Waals surface area contributed by atoms with Gasteiger partial charge in [0.25, 0.3) is 0 Å². The number of benzene rings is 2. The molecule has 0 aliphatic rings. The molecule has 0 unspecified atom stereocenters. The normalized spacial score (nSPS) is 11.5. The van der Waals surface area contributed by atoms with Crippen molar-refractivity contribution in [1.82, 2.24) is 4.31 Å². The SMILES string of the molecule is CN(C)S(=O)(=O)c1ccc(Sc2ccc(F)cc2C(=O)O)c(C(=O)O)c1.